The van der Waals surface area contributed by atoms with E-state index >= 15 is 0 Å². The van der Waals surface area contributed by atoms with E-state index in [9.17, 15) is 4.79 Å². The van der Waals surface area contributed by atoms with Crippen molar-refractivity contribution < 1.29 is 9.53 Å². The van der Waals surface area contributed by atoms with E-state index in [-0.39, 0.29) is 24.4 Å². The molecule has 1 amide bonds. The molecule has 0 aromatic carbocycles. The molecular weight excluding hydrogens is 228 g/mol. The minimum absolute atomic E-state index is 0. The molecule has 0 aromatic rings. The van der Waals surface area contributed by atoms with Gasteiger partial charge in [0.1, 0.15) is 6.10 Å². The molecule has 0 heterocycles. The molecule has 0 fully saturated rings. The van der Waals surface area contributed by atoms with Crippen LogP contribution < -0.4 is 5.73 Å². The first-order valence-corrected chi connectivity index (χ1v) is 5.23. The van der Waals surface area contributed by atoms with E-state index in [1.54, 1.807) is 24.9 Å². The van der Waals surface area contributed by atoms with Gasteiger partial charge in [0.05, 0.1) is 6.61 Å². The molecule has 0 saturated carbocycles. The third-order valence-electron chi connectivity index (χ3n) is 2.39. The number of carbonyl (C=O) groups excluding carboxylic acids is 1. The summed E-state index contributed by atoms with van der Waals surface area (Å²) in [6.45, 7) is 8.24. The number of ether oxygens (including phenoxy) is 1. The van der Waals surface area contributed by atoms with Crippen molar-refractivity contribution >= 4 is 18.3 Å². The highest BCUT2D eigenvalue weighted by Gasteiger charge is 2.20. The second-order valence-electron chi connectivity index (χ2n) is 3.62. The first-order valence-electron chi connectivity index (χ1n) is 5.23. The Morgan fingerprint density at radius 2 is 2.12 bits per heavy atom. The fourth-order valence-electron chi connectivity index (χ4n) is 1.06. The molecule has 5 heteroatoms. The van der Waals surface area contributed by atoms with Crippen LogP contribution >= 0.6 is 12.4 Å². The monoisotopic (exact) mass is 250 g/mol. The number of nitrogens with zero attached hydrogens (tertiary/aromatic N) is 1. The number of halogens is 1. The standard InChI is InChI=1S/C11H22N2O2.ClH/c1-5-6-7-15-10(3)11(14)13(4)9(2)8-12;/h5,9-10H,1,6-8,12H2,2-4H3;1H. The van der Waals surface area contributed by atoms with Gasteiger partial charge in [-0.1, -0.05) is 6.08 Å². The number of likely N-dealkylation sites (N-methyl/N-ethyl adjacent to an activating group) is 1. The van der Waals surface area contributed by atoms with E-state index in [1.807, 2.05) is 6.92 Å². The van der Waals surface area contributed by atoms with Crippen molar-refractivity contribution in [2.24, 2.45) is 5.73 Å². The molecule has 2 atom stereocenters. The zero-order valence-corrected chi connectivity index (χ0v) is 11.1. The van der Waals surface area contributed by atoms with Gasteiger partial charge in [-0.15, -0.1) is 19.0 Å². The van der Waals surface area contributed by atoms with Gasteiger partial charge < -0.3 is 15.4 Å². The van der Waals surface area contributed by atoms with Gasteiger partial charge in [-0.3, -0.25) is 4.79 Å². The van der Waals surface area contributed by atoms with Crippen molar-refractivity contribution in [3.05, 3.63) is 12.7 Å². The second kappa shape index (κ2) is 9.63. The lowest BCUT2D eigenvalue weighted by Crippen LogP contribution is -2.44. The molecule has 0 aliphatic heterocycles. The first-order chi connectivity index (χ1) is 7.04. The lowest BCUT2D eigenvalue weighted by atomic mass is 10.2. The van der Waals surface area contributed by atoms with Crippen LogP contribution in [0.3, 0.4) is 0 Å². The molecule has 0 aromatic heterocycles. The third-order valence-corrected chi connectivity index (χ3v) is 2.39. The van der Waals surface area contributed by atoms with Gasteiger partial charge in [0.15, 0.2) is 0 Å². The van der Waals surface area contributed by atoms with Gasteiger partial charge in [0, 0.05) is 19.6 Å². The molecule has 0 bridgehead atoms. The normalized spacial score (nSPS) is 13.5. The molecule has 0 spiro atoms. The van der Waals surface area contributed by atoms with Crippen molar-refractivity contribution in [1.82, 2.24) is 4.90 Å². The van der Waals surface area contributed by atoms with Crippen LogP contribution in [-0.2, 0) is 9.53 Å². The number of amides is 1. The first kappa shape index (κ1) is 17.8. The topological polar surface area (TPSA) is 55.6 Å². The number of carbonyl (C=O) groups is 1. The Kier molecular flexibility index (Phi) is 10.7. The van der Waals surface area contributed by atoms with Crippen LogP contribution in [0.2, 0.25) is 0 Å². The summed E-state index contributed by atoms with van der Waals surface area (Å²) in [4.78, 5) is 13.4. The van der Waals surface area contributed by atoms with E-state index in [4.69, 9.17) is 10.5 Å². The minimum atomic E-state index is -0.413. The van der Waals surface area contributed by atoms with Crippen molar-refractivity contribution in [3.63, 3.8) is 0 Å². The fraction of sp³-hybridized carbons (Fsp3) is 0.727. The Morgan fingerprint density at radius 1 is 1.56 bits per heavy atom. The molecule has 0 rings (SSSR count). The summed E-state index contributed by atoms with van der Waals surface area (Å²) >= 11 is 0. The van der Waals surface area contributed by atoms with Crippen LogP contribution in [0.25, 0.3) is 0 Å². The Hall–Kier alpha value is -0.580. The van der Waals surface area contributed by atoms with Crippen LogP contribution in [0.5, 0.6) is 0 Å². The quantitative estimate of drug-likeness (QED) is 0.546. The summed E-state index contributed by atoms with van der Waals surface area (Å²) in [5, 5.41) is 0. The highest BCUT2D eigenvalue weighted by Crippen LogP contribution is 2.02. The van der Waals surface area contributed by atoms with E-state index in [0.717, 1.165) is 6.42 Å². The predicted octanol–water partition coefficient (Wildman–Crippen LogP) is 1.20. The maximum Gasteiger partial charge on any atom is 0.251 e. The van der Waals surface area contributed by atoms with Crippen LogP contribution in [0, 0.1) is 0 Å². The molecule has 4 nitrogen and oxygen atoms in total. The summed E-state index contributed by atoms with van der Waals surface area (Å²) in [6.07, 6.45) is 2.11. The van der Waals surface area contributed by atoms with Crippen LogP contribution in [-0.4, -0.2) is 43.2 Å². The Balaban J connectivity index is 0. The Labute approximate surface area is 104 Å². The summed E-state index contributed by atoms with van der Waals surface area (Å²) in [5.74, 6) is -0.0305. The van der Waals surface area contributed by atoms with Crippen LogP contribution in [0.1, 0.15) is 20.3 Å². The maximum atomic E-state index is 11.8. The van der Waals surface area contributed by atoms with E-state index in [0.29, 0.717) is 13.2 Å². The zero-order chi connectivity index (χ0) is 11.8. The lowest BCUT2D eigenvalue weighted by molar-refractivity contribution is -0.142. The molecule has 2 unspecified atom stereocenters. The van der Waals surface area contributed by atoms with Crippen LogP contribution in [0.15, 0.2) is 12.7 Å². The van der Waals surface area contributed by atoms with Gasteiger partial charge >= 0.3 is 0 Å². The molecule has 0 radical (unpaired) electrons. The largest absolute Gasteiger partial charge is 0.368 e. The Morgan fingerprint density at radius 3 is 2.56 bits per heavy atom. The average Bonchev–Trinajstić information content (AvgIpc) is 2.26. The predicted molar refractivity (Wildman–Crippen MR) is 68.8 cm³/mol. The number of hydrogen-bond acceptors (Lipinski definition) is 3. The van der Waals surface area contributed by atoms with E-state index in [2.05, 4.69) is 6.58 Å². The molecule has 96 valence electrons. The van der Waals surface area contributed by atoms with Crippen molar-refractivity contribution in [3.8, 4) is 0 Å². The molecule has 2 N–H and O–H groups in total. The number of hydrogen-bond donors (Lipinski definition) is 1. The lowest BCUT2D eigenvalue weighted by Gasteiger charge is -2.26. The highest BCUT2D eigenvalue weighted by molar-refractivity contribution is 5.85. The molecular formula is C11H23ClN2O2. The van der Waals surface area contributed by atoms with Gasteiger partial charge in [-0.2, -0.15) is 0 Å². The maximum absolute atomic E-state index is 11.8. The Bertz CT molecular complexity index is 212. The minimum Gasteiger partial charge on any atom is -0.368 e. The van der Waals surface area contributed by atoms with Crippen molar-refractivity contribution in [2.45, 2.75) is 32.4 Å². The molecule has 0 aliphatic rings. The van der Waals surface area contributed by atoms with E-state index in [1.165, 1.54) is 0 Å². The number of rotatable bonds is 7. The molecule has 0 aliphatic carbocycles. The van der Waals surface area contributed by atoms with Gasteiger partial charge in [0.2, 0.25) is 0 Å². The van der Waals surface area contributed by atoms with Crippen molar-refractivity contribution in [2.75, 3.05) is 20.2 Å². The highest BCUT2D eigenvalue weighted by atomic mass is 35.5. The molecule has 16 heavy (non-hydrogen) atoms. The molecule has 0 saturated heterocycles. The summed E-state index contributed by atoms with van der Waals surface area (Å²) in [7, 11) is 1.74. The summed E-state index contributed by atoms with van der Waals surface area (Å²) in [5.41, 5.74) is 5.48. The average molecular weight is 251 g/mol. The van der Waals surface area contributed by atoms with Crippen LogP contribution in [0.4, 0.5) is 0 Å². The van der Waals surface area contributed by atoms with Gasteiger partial charge in [0.25, 0.3) is 5.91 Å². The van der Waals surface area contributed by atoms with Crippen molar-refractivity contribution in [1.29, 1.82) is 0 Å². The zero-order valence-electron chi connectivity index (χ0n) is 10.3. The van der Waals surface area contributed by atoms with Gasteiger partial charge in [-0.05, 0) is 20.3 Å². The fourth-order valence-corrected chi connectivity index (χ4v) is 1.06. The van der Waals surface area contributed by atoms with E-state index < -0.39 is 6.10 Å². The third kappa shape index (κ3) is 6.10. The van der Waals surface area contributed by atoms with Gasteiger partial charge in [-0.25, -0.2) is 0 Å². The summed E-state index contributed by atoms with van der Waals surface area (Å²) in [6, 6.07) is 0.0444. The summed E-state index contributed by atoms with van der Waals surface area (Å²) < 4.78 is 5.36. The SMILES string of the molecule is C=CCCOC(C)C(=O)N(C)C(C)CN.Cl. The second-order valence-corrected chi connectivity index (χ2v) is 3.62. The number of nitrogens with two attached hydrogens (primary N) is 1. The smallest absolute Gasteiger partial charge is 0.251 e.